The number of amides is 1. The Balaban J connectivity index is 2.02. The predicted octanol–water partition coefficient (Wildman–Crippen LogP) is 0.627. The van der Waals surface area contributed by atoms with Crippen LogP contribution in [0.25, 0.3) is 5.65 Å². The largest absolute Gasteiger partial charge is 0.465 e. The van der Waals surface area contributed by atoms with Gasteiger partial charge in [-0.15, -0.1) is 0 Å². The first-order chi connectivity index (χ1) is 8.70. The van der Waals surface area contributed by atoms with Gasteiger partial charge in [0.05, 0.1) is 6.61 Å². The molecule has 0 aliphatic rings. The highest BCUT2D eigenvalue weighted by Crippen LogP contribution is 2.03. The third kappa shape index (κ3) is 2.65. The highest BCUT2D eigenvalue weighted by atomic mass is 16.5. The maximum Gasteiger partial charge on any atom is 0.325 e. The van der Waals surface area contributed by atoms with Crippen LogP contribution >= 0.6 is 0 Å². The van der Waals surface area contributed by atoms with E-state index in [2.05, 4.69) is 10.3 Å². The topological polar surface area (TPSA) is 72.7 Å². The molecule has 2 heterocycles. The molecule has 6 heteroatoms. The van der Waals surface area contributed by atoms with Crippen molar-refractivity contribution in [3.8, 4) is 0 Å². The maximum atomic E-state index is 11.7. The van der Waals surface area contributed by atoms with E-state index in [1.807, 2.05) is 12.1 Å². The normalized spacial score (nSPS) is 10.3. The number of rotatable bonds is 4. The lowest BCUT2D eigenvalue weighted by Gasteiger charge is -2.02. The van der Waals surface area contributed by atoms with Gasteiger partial charge in [0.25, 0.3) is 5.91 Å². The van der Waals surface area contributed by atoms with Crippen molar-refractivity contribution in [3.63, 3.8) is 0 Å². The van der Waals surface area contributed by atoms with Gasteiger partial charge in [0.1, 0.15) is 17.9 Å². The number of carbonyl (C=O) groups is 2. The van der Waals surface area contributed by atoms with Gasteiger partial charge in [0.2, 0.25) is 0 Å². The summed E-state index contributed by atoms with van der Waals surface area (Å²) >= 11 is 0. The molecule has 0 fully saturated rings. The van der Waals surface area contributed by atoms with Gasteiger partial charge >= 0.3 is 5.97 Å². The van der Waals surface area contributed by atoms with Crippen molar-refractivity contribution >= 4 is 17.5 Å². The molecule has 0 saturated heterocycles. The fourth-order valence-corrected chi connectivity index (χ4v) is 1.50. The van der Waals surface area contributed by atoms with Crippen LogP contribution in [0.1, 0.15) is 17.4 Å². The lowest BCUT2D eigenvalue weighted by Crippen LogP contribution is -2.30. The molecule has 0 spiro atoms. The number of nitrogens with zero attached hydrogens (tertiary/aromatic N) is 2. The zero-order valence-electron chi connectivity index (χ0n) is 9.92. The smallest absolute Gasteiger partial charge is 0.325 e. The van der Waals surface area contributed by atoms with Gasteiger partial charge in [-0.25, -0.2) is 4.98 Å². The highest BCUT2D eigenvalue weighted by Gasteiger charge is 2.11. The Morgan fingerprint density at radius 1 is 1.44 bits per heavy atom. The summed E-state index contributed by atoms with van der Waals surface area (Å²) in [6, 6.07) is 5.47. The van der Waals surface area contributed by atoms with E-state index in [0.29, 0.717) is 12.3 Å². The minimum Gasteiger partial charge on any atom is -0.465 e. The molecule has 2 aromatic heterocycles. The minimum absolute atomic E-state index is 0.152. The van der Waals surface area contributed by atoms with Crippen LogP contribution in [0.5, 0.6) is 0 Å². The van der Waals surface area contributed by atoms with Crippen LogP contribution in [-0.2, 0) is 9.53 Å². The average molecular weight is 247 g/mol. The second-order valence-corrected chi connectivity index (χ2v) is 3.58. The molecule has 6 nitrogen and oxygen atoms in total. The first-order valence-corrected chi connectivity index (χ1v) is 5.58. The van der Waals surface area contributed by atoms with Crippen molar-refractivity contribution in [1.82, 2.24) is 14.7 Å². The molecule has 0 bridgehead atoms. The number of hydrogen-bond acceptors (Lipinski definition) is 4. The first kappa shape index (κ1) is 12.1. The predicted molar refractivity (Wildman–Crippen MR) is 64.2 cm³/mol. The summed E-state index contributed by atoms with van der Waals surface area (Å²) in [5, 5.41) is 2.46. The summed E-state index contributed by atoms with van der Waals surface area (Å²) in [5.41, 5.74) is 0.948. The van der Waals surface area contributed by atoms with Gasteiger partial charge in [-0.2, -0.15) is 0 Å². The standard InChI is InChI=1S/C12H13N3O3/c1-2-18-11(16)7-13-12(17)9-8-15-6-4-3-5-10(15)14-9/h3-6,8H,2,7H2,1H3,(H,13,17). The first-order valence-electron chi connectivity index (χ1n) is 5.58. The van der Waals surface area contributed by atoms with Gasteiger partial charge in [0.15, 0.2) is 0 Å². The molecule has 94 valence electrons. The SMILES string of the molecule is CCOC(=O)CNC(=O)c1cn2ccccc2n1. The summed E-state index contributed by atoms with van der Waals surface area (Å²) in [5.74, 6) is -0.860. The van der Waals surface area contributed by atoms with E-state index in [4.69, 9.17) is 4.74 Å². The van der Waals surface area contributed by atoms with Crippen molar-refractivity contribution in [3.05, 3.63) is 36.3 Å². The van der Waals surface area contributed by atoms with Crippen LogP contribution in [0.4, 0.5) is 0 Å². The molecule has 1 N–H and O–H groups in total. The van der Waals surface area contributed by atoms with E-state index in [-0.39, 0.29) is 12.2 Å². The van der Waals surface area contributed by atoms with Crippen molar-refractivity contribution in [1.29, 1.82) is 0 Å². The average Bonchev–Trinajstić information content (AvgIpc) is 2.80. The zero-order chi connectivity index (χ0) is 13.0. The van der Waals surface area contributed by atoms with Crippen LogP contribution < -0.4 is 5.32 Å². The van der Waals surface area contributed by atoms with Crippen molar-refractivity contribution in [2.45, 2.75) is 6.92 Å². The zero-order valence-corrected chi connectivity index (χ0v) is 9.92. The lowest BCUT2D eigenvalue weighted by molar-refractivity contribution is -0.141. The van der Waals surface area contributed by atoms with Crippen LogP contribution in [0.15, 0.2) is 30.6 Å². The summed E-state index contributed by atoms with van der Waals surface area (Å²) < 4.78 is 6.44. The quantitative estimate of drug-likeness (QED) is 0.804. The Labute approximate surface area is 104 Å². The number of esters is 1. The Hall–Kier alpha value is -2.37. The molecular formula is C12H13N3O3. The molecular weight excluding hydrogens is 234 g/mol. The number of nitrogens with one attached hydrogen (secondary N) is 1. The second kappa shape index (κ2) is 5.31. The third-order valence-electron chi connectivity index (χ3n) is 2.30. The van der Waals surface area contributed by atoms with Gasteiger partial charge in [0, 0.05) is 12.4 Å². The summed E-state index contributed by atoms with van der Waals surface area (Å²) in [6.07, 6.45) is 3.40. The second-order valence-electron chi connectivity index (χ2n) is 3.58. The molecule has 2 rings (SSSR count). The molecule has 0 aliphatic carbocycles. The monoisotopic (exact) mass is 247 g/mol. The summed E-state index contributed by atoms with van der Waals surface area (Å²) in [6.45, 7) is 1.85. The van der Waals surface area contributed by atoms with E-state index in [1.54, 1.807) is 29.8 Å². The Kier molecular flexibility index (Phi) is 3.57. The molecule has 0 saturated carbocycles. The highest BCUT2D eigenvalue weighted by molar-refractivity contribution is 5.94. The van der Waals surface area contributed by atoms with Crippen LogP contribution in [0.3, 0.4) is 0 Å². The van der Waals surface area contributed by atoms with Gasteiger partial charge in [-0.05, 0) is 19.1 Å². The summed E-state index contributed by atoms with van der Waals surface area (Å²) in [7, 11) is 0. The number of aromatic nitrogens is 2. The lowest BCUT2D eigenvalue weighted by atomic mass is 10.4. The molecule has 0 radical (unpaired) electrons. The number of hydrogen-bond donors (Lipinski definition) is 1. The molecule has 1 amide bonds. The van der Waals surface area contributed by atoms with Gasteiger partial charge in [-0.1, -0.05) is 6.07 Å². The van der Waals surface area contributed by atoms with Crippen LogP contribution in [0, 0.1) is 0 Å². The van der Waals surface area contributed by atoms with E-state index < -0.39 is 11.9 Å². The van der Waals surface area contributed by atoms with Gasteiger partial charge in [-0.3, -0.25) is 9.59 Å². The summed E-state index contributed by atoms with van der Waals surface area (Å²) in [4.78, 5) is 27.0. The number of pyridine rings is 1. The Morgan fingerprint density at radius 2 is 2.28 bits per heavy atom. The number of fused-ring (bicyclic) bond motifs is 1. The van der Waals surface area contributed by atoms with Crippen LogP contribution in [0.2, 0.25) is 0 Å². The molecule has 0 unspecified atom stereocenters. The van der Waals surface area contributed by atoms with Crippen molar-refractivity contribution in [2.24, 2.45) is 0 Å². The van der Waals surface area contributed by atoms with Crippen LogP contribution in [-0.4, -0.2) is 34.4 Å². The number of ether oxygens (including phenoxy) is 1. The number of carbonyl (C=O) groups excluding carboxylic acids is 2. The van der Waals surface area contributed by atoms with E-state index in [9.17, 15) is 9.59 Å². The molecule has 0 aliphatic heterocycles. The van der Waals surface area contributed by atoms with Crippen molar-refractivity contribution < 1.29 is 14.3 Å². The maximum absolute atomic E-state index is 11.7. The fraction of sp³-hybridized carbons (Fsp3) is 0.250. The third-order valence-corrected chi connectivity index (χ3v) is 2.30. The number of imidazole rings is 1. The molecule has 0 atom stereocenters. The molecule has 18 heavy (non-hydrogen) atoms. The van der Waals surface area contributed by atoms with E-state index in [1.165, 1.54) is 0 Å². The molecule has 2 aromatic rings. The fourth-order valence-electron chi connectivity index (χ4n) is 1.50. The van der Waals surface area contributed by atoms with E-state index >= 15 is 0 Å². The molecule has 0 aromatic carbocycles. The Bertz CT molecular complexity index is 544. The van der Waals surface area contributed by atoms with E-state index in [0.717, 1.165) is 0 Å². The van der Waals surface area contributed by atoms with Gasteiger partial charge < -0.3 is 14.5 Å². The Morgan fingerprint density at radius 3 is 3.00 bits per heavy atom. The van der Waals surface area contributed by atoms with Crippen molar-refractivity contribution in [2.75, 3.05) is 13.2 Å². The minimum atomic E-state index is -0.463.